The number of rotatable bonds is 11. The van der Waals surface area contributed by atoms with Gasteiger partial charge in [-0.2, -0.15) is 0 Å². The van der Waals surface area contributed by atoms with E-state index in [2.05, 4.69) is 4.90 Å². The minimum atomic E-state index is -0.0467. The van der Waals surface area contributed by atoms with Crippen molar-refractivity contribution >= 4 is 12.3 Å². The van der Waals surface area contributed by atoms with Gasteiger partial charge >= 0.3 is 5.97 Å². The van der Waals surface area contributed by atoms with Gasteiger partial charge in [0.1, 0.15) is 12.4 Å². The summed E-state index contributed by atoms with van der Waals surface area (Å²) in [4.78, 5) is 24.0. The van der Waals surface area contributed by atoms with Crippen LogP contribution < -0.4 is 0 Å². The van der Waals surface area contributed by atoms with Crippen LogP contribution in [0.3, 0.4) is 0 Å². The van der Waals surface area contributed by atoms with Crippen LogP contribution in [0.2, 0.25) is 0 Å². The van der Waals surface area contributed by atoms with Crippen LogP contribution in [0.1, 0.15) is 64.7 Å². The molecule has 1 saturated heterocycles. The first-order valence-corrected chi connectivity index (χ1v) is 8.11. The molecule has 4 nitrogen and oxygen atoms in total. The molecule has 1 rings (SSSR count). The second-order valence-corrected chi connectivity index (χ2v) is 5.67. The monoisotopic (exact) mass is 283 g/mol. The lowest BCUT2D eigenvalue weighted by Crippen LogP contribution is -2.25. The van der Waals surface area contributed by atoms with Crippen molar-refractivity contribution in [3.63, 3.8) is 0 Å². The van der Waals surface area contributed by atoms with E-state index in [4.69, 9.17) is 4.74 Å². The third-order valence-corrected chi connectivity index (χ3v) is 3.78. The number of nitrogens with zero attached hydrogens (tertiary/aromatic N) is 1. The number of hydrogen-bond donors (Lipinski definition) is 0. The maximum atomic E-state index is 11.4. The highest BCUT2D eigenvalue weighted by Gasteiger charge is 2.24. The SMILES string of the molecule is CCCC(=O)OC1CCN(CCCCCCCC=O)C1. The van der Waals surface area contributed by atoms with Crippen molar-refractivity contribution in [2.75, 3.05) is 19.6 Å². The topological polar surface area (TPSA) is 46.6 Å². The van der Waals surface area contributed by atoms with Crippen molar-refractivity contribution in [3.05, 3.63) is 0 Å². The summed E-state index contributed by atoms with van der Waals surface area (Å²) >= 11 is 0. The Hall–Kier alpha value is -0.900. The summed E-state index contributed by atoms with van der Waals surface area (Å²) in [5, 5.41) is 0. The van der Waals surface area contributed by atoms with E-state index in [-0.39, 0.29) is 12.1 Å². The van der Waals surface area contributed by atoms with Crippen molar-refractivity contribution < 1.29 is 14.3 Å². The normalized spacial score (nSPS) is 19.1. The van der Waals surface area contributed by atoms with E-state index in [0.717, 1.165) is 51.6 Å². The molecule has 0 bridgehead atoms. The lowest BCUT2D eigenvalue weighted by Gasteiger charge is -2.16. The number of carbonyl (C=O) groups excluding carboxylic acids is 2. The predicted octanol–water partition coefficient (Wildman–Crippen LogP) is 2.94. The van der Waals surface area contributed by atoms with E-state index in [0.29, 0.717) is 12.8 Å². The largest absolute Gasteiger partial charge is 0.461 e. The molecule has 1 heterocycles. The average molecular weight is 283 g/mol. The van der Waals surface area contributed by atoms with Gasteiger partial charge in [0.05, 0.1) is 0 Å². The zero-order chi connectivity index (χ0) is 14.6. The molecule has 116 valence electrons. The third kappa shape index (κ3) is 7.63. The summed E-state index contributed by atoms with van der Waals surface area (Å²) in [6.07, 6.45) is 10.1. The summed E-state index contributed by atoms with van der Waals surface area (Å²) in [7, 11) is 0. The fourth-order valence-electron chi connectivity index (χ4n) is 2.64. The predicted molar refractivity (Wildman–Crippen MR) is 79.6 cm³/mol. The first-order valence-electron chi connectivity index (χ1n) is 8.11. The molecule has 0 aromatic heterocycles. The maximum Gasteiger partial charge on any atom is 0.306 e. The van der Waals surface area contributed by atoms with Gasteiger partial charge in [-0.3, -0.25) is 9.69 Å². The Balaban J connectivity index is 1.98. The molecule has 0 aromatic carbocycles. The van der Waals surface area contributed by atoms with E-state index in [1.165, 1.54) is 19.3 Å². The Labute approximate surface area is 122 Å². The Morgan fingerprint density at radius 1 is 1.25 bits per heavy atom. The number of likely N-dealkylation sites (tertiary alicyclic amines) is 1. The summed E-state index contributed by atoms with van der Waals surface area (Å²) in [5.74, 6) is -0.0467. The third-order valence-electron chi connectivity index (χ3n) is 3.78. The quantitative estimate of drug-likeness (QED) is 0.332. The molecular formula is C16H29NO3. The first-order chi connectivity index (χ1) is 9.76. The van der Waals surface area contributed by atoms with Crippen molar-refractivity contribution in [3.8, 4) is 0 Å². The smallest absolute Gasteiger partial charge is 0.306 e. The van der Waals surface area contributed by atoms with E-state index in [9.17, 15) is 9.59 Å². The van der Waals surface area contributed by atoms with Gasteiger partial charge in [-0.15, -0.1) is 0 Å². The van der Waals surface area contributed by atoms with Gasteiger partial charge < -0.3 is 9.53 Å². The number of ether oxygens (including phenoxy) is 1. The number of unbranched alkanes of at least 4 members (excludes halogenated alkanes) is 5. The van der Waals surface area contributed by atoms with Gasteiger partial charge in [-0.25, -0.2) is 0 Å². The van der Waals surface area contributed by atoms with Crippen molar-refractivity contribution in [2.24, 2.45) is 0 Å². The molecule has 0 radical (unpaired) electrons. The van der Waals surface area contributed by atoms with Gasteiger partial charge in [0.25, 0.3) is 0 Å². The summed E-state index contributed by atoms with van der Waals surface area (Å²) in [5.41, 5.74) is 0. The van der Waals surface area contributed by atoms with E-state index in [1.807, 2.05) is 6.92 Å². The van der Waals surface area contributed by atoms with Gasteiger partial charge in [0, 0.05) is 25.9 Å². The van der Waals surface area contributed by atoms with Crippen LogP contribution in [-0.4, -0.2) is 42.9 Å². The van der Waals surface area contributed by atoms with Crippen LogP contribution in [0, 0.1) is 0 Å². The first kappa shape index (κ1) is 17.2. The number of aldehydes is 1. The molecule has 1 atom stereocenters. The highest BCUT2D eigenvalue weighted by atomic mass is 16.5. The molecule has 1 unspecified atom stereocenters. The minimum absolute atomic E-state index is 0.0467. The molecule has 20 heavy (non-hydrogen) atoms. The van der Waals surface area contributed by atoms with Gasteiger partial charge in [0.2, 0.25) is 0 Å². The average Bonchev–Trinajstić information content (AvgIpc) is 2.85. The number of esters is 1. The highest BCUT2D eigenvalue weighted by molar-refractivity contribution is 5.69. The molecule has 0 amide bonds. The van der Waals surface area contributed by atoms with Crippen molar-refractivity contribution in [1.82, 2.24) is 4.90 Å². The van der Waals surface area contributed by atoms with Gasteiger partial charge in [-0.05, 0) is 32.2 Å². The maximum absolute atomic E-state index is 11.4. The highest BCUT2D eigenvalue weighted by Crippen LogP contribution is 2.15. The van der Waals surface area contributed by atoms with Crippen LogP contribution in [0.5, 0.6) is 0 Å². The second-order valence-electron chi connectivity index (χ2n) is 5.67. The van der Waals surface area contributed by atoms with E-state index >= 15 is 0 Å². The molecule has 1 aliphatic rings. The lowest BCUT2D eigenvalue weighted by atomic mass is 10.1. The van der Waals surface area contributed by atoms with E-state index < -0.39 is 0 Å². The zero-order valence-electron chi connectivity index (χ0n) is 12.8. The fraction of sp³-hybridized carbons (Fsp3) is 0.875. The molecule has 0 aliphatic carbocycles. The molecule has 0 N–H and O–H groups in total. The van der Waals surface area contributed by atoms with Gasteiger partial charge in [0.15, 0.2) is 0 Å². The minimum Gasteiger partial charge on any atom is -0.461 e. The summed E-state index contributed by atoms with van der Waals surface area (Å²) in [6.45, 7) is 5.06. The number of carbonyl (C=O) groups is 2. The molecule has 0 aromatic rings. The summed E-state index contributed by atoms with van der Waals surface area (Å²) < 4.78 is 5.44. The van der Waals surface area contributed by atoms with Crippen LogP contribution in [0.15, 0.2) is 0 Å². The second kappa shape index (κ2) is 10.8. The molecular weight excluding hydrogens is 254 g/mol. The Kier molecular flexibility index (Phi) is 9.29. The molecule has 1 aliphatic heterocycles. The Bertz CT molecular complexity index is 281. The standard InChI is InChI=1S/C16H29NO3/c1-2-9-16(19)20-15-10-12-17(14-15)11-7-5-3-4-6-8-13-18/h13,15H,2-12,14H2,1H3. The van der Waals surface area contributed by atoms with Crippen molar-refractivity contribution in [1.29, 1.82) is 0 Å². The number of hydrogen-bond acceptors (Lipinski definition) is 4. The molecule has 1 fully saturated rings. The molecule has 4 heteroatoms. The van der Waals surface area contributed by atoms with Crippen LogP contribution in [0.25, 0.3) is 0 Å². The Morgan fingerprint density at radius 3 is 2.75 bits per heavy atom. The molecule has 0 spiro atoms. The zero-order valence-corrected chi connectivity index (χ0v) is 12.8. The van der Waals surface area contributed by atoms with Crippen LogP contribution in [-0.2, 0) is 14.3 Å². The lowest BCUT2D eigenvalue weighted by molar-refractivity contribution is -0.148. The van der Waals surface area contributed by atoms with Gasteiger partial charge in [-0.1, -0.05) is 26.2 Å². The van der Waals surface area contributed by atoms with Crippen LogP contribution in [0.4, 0.5) is 0 Å². The van der Waals surface area contributed by atoms with Crippen molar-refractivity contribution in [2.45, 2.75) is 70.8 Å². The van der Waals surface area contributed by atoms with E-state index in [1.54, 1.807) is 0 Å². The van der Waals surface area contributed by atoms with Crippen LogP contribution >= 0.6 is 0 Å². The summed E-state index contributed by atoms with van der Waals surface area (Å²) in [6, 6.07) is 0. The Morgan fingerprint density at radius 2 is 2.00 bits per heavy atom. The fourth-order valence-corrected chi connectivity index (χ4v) is 2.64. The molecule has 0 saturated carbocycles.